The summed E-state index contributed by atoms with van der Waals surface area (Å²) in [7, 11) is 0. The van der Waals surface area contributed by atoms with E-state index in [-0.39, 0.29) is 0 Å². The lowest BCUT2D eigenvalue weighted by Gasteiger charge is -2.22. The first kappa shape index (κ1) is 6.71. The fraction of sp³-hybridized carbons (Fsp3) is 0.875. The van der Waals surface area contributed by atoms with Crippen molar-refractivity contribution in [2.45, 2.75) is 19.3 Å². The van der Waals surface area contributed by atoms with Crippen LogP contribution in [0, 0.1) is 11.8 Å². The van der Waals surface area contributed by atoms with Crippen molar-refractivity contribution >= 4 is 17.5 Å². The maximum absolute atomic E-state index is 11.0. The summed E-state index contributed by atoms with van der Waals surface area (Å²) in [6, 6.07) is 0. The molecule has 2 aliphatic rings. The topological polar surface area (TPSA) is 17.1 Å². The Morgan fingerprint density at radius 2 is 2.10 bits per heavy atom. The summed E-state index contributed by atoms with van der Waals surface area (Å²) >= 11 is 2.03. The highest BCUT2D eigenvalue weighted by molar-refractivity contribution is 7.99. The molecule has 0 bridgehead atoms. The monoisotopic (exact) mass is 156 g/mol. The van der Waals surface area contributed by atoms with Crippen molar-refractivity contribution in [3.05, 3.63) is 0 Å². The third kappa shape index (κ3) is 1.09. The molecule has 2 fully saturated rings. The first-order valence-corrected chi connectivity index (χ1v) is 5.11. The van der Waals surface area contributed by atoms with Crippen molar-refractivity contribution < 1.29 is 4.79 Å². The number of ketones is 1. The van der Waals surface area contributed by atoms with Gasteiger partial charge in [0.15, 0.2) is 0 Å². The summed E-state index contributed by atoms with van der Waals surface area (Å²) in [5, 5.41) is 0. The van der Waals surface area contributed by atoms with Crippen molar-refractivity contribution in [2.75, 3.05) is 11.5 Å². The average molecular weight is 156 g/mol. The molecule has 0 aromatic rings. The Morgan fingerprint density at radius 3 is 3.00 bits per heavy atom. The van der Waals surface area contributed by atoms with Crippen LogP contribution in [0.5, 0.6) is 0 Å². The van der Waals surface area contributed by atoms with E-state index in [1.165, 1.54) is 17.9 Å². The van der Waals surface area contributed by atoms with Gasteiger partial charge in [-0.2, -0.15) is 11.8 Å². The van der Waals surface area contributed by atoms with Crippen LogP contribution in [0.3, 0.4) is 0 Å². The number of hydrogen-bond acceptors (Lipinski definition) is 2. The average Bonchev–Trinajstić information content (AvgIpc) is 2.33. The summed E-state index contributed by atoms with van der Waals surface area (Å²) < 4.78 is 0. The number of carbonyl (C=O) groups excluding carboxylic acids is 1. The summed E-state index contributed by atoms with van der Waals surface area (Å²) in [5.74, 6) is 4.71. The zero-order valence-corrected chi connectivity index (χ0v) is 6.82. The Bertz CT molecular complexity index is 155. The van der Waals surface area contributed by atoms with E-state index in [1.54, 1.807) is 0 Å². The van der Waals surface area contributed by atoms with Crippen molar-refractivity contribution in [2.24, 2.45) is 11.8 Å². The molecule has 0 N–H and O–H groups in total. The van der Waals surface area contributed by atoms with Crippen LogP contribution in [0.4, 0.5) is 0 Å². The van der Waals surface area contributed by atoms with Gasteiger partial charge in [0.05, 0.1) is 0 Å². The standard InChI is InChI=1S/C8H12OS/c9-8-2-1-6-4-10-5-7(6)3-8/h6-7H,1-5H2/t6-,7-/m1/s1. The molecule has 0 unspecified atom stereocenters. The van der Waals surface area contributed by atoms with E-state index >= 15 is 0 Å². The molecule has 0 aromatic heterocycles. The quantitative estimate of drug-likeness (QED) is 0.531. The maximum Gasteiger partial charge on any atom is 0.133 e. The lowest BCUT2D eigenvalue weighted by atomic mass is 9.81. The van der Waals surface area contributed by atoms with Crippen molar-refractivity contribution in [1.82, 2.24) is 0 Å². The van der Waals surface area contributed by atoms with Gasteiger partial charge in [-0.15, -0.1) is 0 Å². The molecule has 56 valence electrons. The molecule has 2 heteroatoms. The van der Waals surface area contributed by atoms with Gasteiger partial charge in [0.2, 0.25) is 0 Å². The second kappa shape index (κ2) is 2.57. The largest absolute Gasteiger partial charge is 0.300 e. The van der Waals surface area contributed by atoms with Crippen LogP contribution in [-0.4, -0.2) is 17.3 Å². The summed E-state index contributed by atoms with van der Waals surface area (Å²) in [6.45, 7) is 0. The molecule has 2 rings (SSSR count). The van der Waals surface area contributed by atoms with E-state index in [0.717, 1.165) is 24.7 Å². The third-order valence-corrected chi connectivity index (χ3v) is 3.94. The predicted octanol–water partition coefficient (Wildman–Crippen LogP) is 1.72. The fourth-order valence-corrected chi connectivity index (χ4v) is 3.50. The van der Waals surface area contributed by atoms with E-state index in [4.69, 9.17) is 0 Å². The molecule has 1 heterocycles. The van der Waals surface area contributed by atoms with Crippen LogP contribution in [0.1, 0.15) is 19.3 Å². The molecule has 0 amide bonds. The molecule has 1 nitrogen and oxygen atoms in total. The van der Waals surface area contributed by atoms with Crippen molar-refractivity contribution in [3.63, 3.8) is 0 Å². The molecule has 1 aliphatic carbocycles. The highest BCUT2D eigenvalue weighted by Crippen LogP contribution is 2.38. The molecule has 10 heavy (non-hydrogen) atoms. The van der Waals surface area contributed by atoms with Crippen LogP contribution >= 0.6 is 11.8 Å². The summed E-state index contributed by atoms with van der Waals surface area (Å²) in [5.41, 5.74) is 0. The van der Waals surface area contributed by atoms with Crippen molar-refractivity contribution in [1.29, 1.82) is 0 Å². The van der Waals surface area contributed by atoms with E-state index in [0.29, 0.717) is 5.78 Å². The first-order chi connectivity index (χ1) is 4.86. The molecule has 1 aliphatic heterocycles. The van der Waals surface area contributed by atoms with Crippen molar-refractivity contribution in [3.8, 4) is 0 Å². The van der Waals surface area contributed by atoms with Crippen LogP contribution in [0.15, 0.2) is 0 Å². The first-order valence-electron chi connectivity index (χ1n) is 3.95. The van der Waals surface area contributed by atoms with Gasteiger partial charge in [0.1, 0.15) is 5.78 Å². The van der Waals surface area contributed by atoms with Gasteiger partial charge < -0.3 is 0 Å². The Kier molecular flexibility index (Phi) is 1.73. The zero-order chi connectivity index (χ0) is 6.97. The van der Waals surface area contributed by atoms with Gasteiger partial charge in [-0.05, 0) is 29.8 Å². The summed E-state index contributed by atoms with van der Waals surface area (Å²) in [6.07, 6.45) is 2.93. The maximum atomic E-state index is 11.0. The SMILES string of the molecule is O=C1CC[C@@H]2CSC[C@H]2C1. The van der Waals surface area contributed by atoms with Gasteiger partial charge in [0.25, 0.3) is 0 Å². The smallest absolute Gasteiger partial charge is 0.133 e. The minimum absolute atomic E-state index is 0.503. The number of fused-ring (bicyclic) bond motifs is 1. The minimum atomic E-state index is 0.503. The number of thioether (sulfide) groups is 1. The number of Topliss-reactive ketones (excluding diaryl/α,β-unsaturated/α-hetero) is 1. The second-order valence-corrected chi connectivity index (χ2v) is 4.41. The predicted molar refractivity (Wildman–Crippen MR) is 43.2 cm³/mol. The molecule has 1 saturated carbocycles. The highest BCUT2D eigenvalue weighted by atomic mass is 32.2. The Balaban J connectivity index is 2.03. The molecular formula is C8H12OS. The normalized spacial score (nSPS) is 39.8. The highest BCUT2D eigenvalue weighted by Gasteiger charge is 2.33. The zero-order valence-electron chi connectivity index (χ0n) is 6.01. The van der Waals surface area contributed by atoms with E-state index in [9.17, 15) is 4.79 Å². The number of carbonyl (C=O) groups is 1. The van der Waals surface area contributed by atoms with Gasteiger partial charge in [-0.3, -0.25) is 4.79 Å². The Hall–Kier alpha value is 0.0200. The number of hydrogen-bond donors (Lipinski definition) is 0. The lowest BCUT2D eigenvalue weighted by Crippen LogP contribution is -2.23. The molecule has 1 saturated heterocycles. The molecule has 2 atom stereocenters. The van der Waals surface area contributed by atoms with E-state index in [2.05, 4.69) is 0 Å². The summed E-state index contributed by atoms with van der Waals surface area (Å²) in [4.78, 5) is 11.0. The van der Waals surface area contributed by atoms with Gasteiger partial charge in [-0.25, -0.2) is 0 Å². The van der Waals surface area contributed by atoms with Crippen LogP contribution < -0.4 is 0 Å². The minimum Gasteiger partial charge on any atom is -0.300 e. The molecular weight excluding hydrogens is 144 g/mol. The van der Waals surface area contributed by atoms with Crippen LogP contribution in [0.25, 0.3) is 0 Å². The molecule has 0 aromatic carbocycles. The van der Waals surface area contributed by atoms with Gasteiger partial charge in [-0.1, -0.05) is 0 Å². The van der Waals surface area contributed by atoms with Gasteiger partial charge in [0, 0.05) is 12.8 Å². The van der Waals surface area contributed by atoms with Gasteiger partial charge >= 0.3 is 0 Å². The second-order valence-electron chi connectivity index (χ2n) is 3.34. The molecule has 0 spiro atoms. The van der Waals surface area contributed by atoms with E-state index in [1.807, 2.05) is 11.8 Å². The third-order valence-electron chi connectivity index (χ3n) is 2.61. The lowest BCUT2D eigenvalue weighted by molar-refractivity contribution is -0.122. The van der Waals surface area contributed by atoms with Crippen LogP contribution in [-0.2, 0) is 4.79 Å². The fourth-order valence-electron chi connectivity index (χ4n) is 1.93. The Morgan fingerprint density at radius 1 is 1.30 bits per heavy atom. The number of rotatable bonds is 0. The van der Waals surface area contributed by atoms with Crippen LogP contribution in [0.2, 0.25) is 0 Å². The Labute approximate surface area is 65.6 Å². The molecule has 0 radical (unpaired) electrons. The van der Waals surface area contributed by atoms with E-state index < -0.39 is 0 Å².